The molecule has 3 fully saturated rings. The van der Waals surface area contributed by atoms with Crippen LogP contribution in [0.4, 0.5) is 0 Å². The highest BCUT2D eigenvalue weighted by atomic mass is 16.5. The summed E-state index contributed by atoms with van der Waals surface area (Å²) in [4.78, 5) is 0. The summed E-state index contributed by atoms with van der Waals surface area (Å²) >= 11 is 0. The van der Waals surface area contributed by atoms with Gasteiger partial charge in [0.25, 0.3) is 0 Å². The zero-order chi connectivity index (χ0) is 9.60. The van der Waals surface area contributed by atoms with Gasteiger partial charge in [-0.1, -0.05) is 0 Å². The molecule has 2 heteroatoms. The Bertz CT molecular complexity index is 220. The first kappa shape index (κ1) is 9.17. The molecule has 0 aromatic heterocycles. The average molecular weight is 195 g/mol. The molecule has 0 amide bonds. The van der Waals surface area contributed by atoms with Crippen molar-refractivity contribution in [2.75, 3.05) is 6.61 Å². The normalized spacial score (nSPS) is 37.9. The van der Waals surface area contributed by atoms with Gasteiger partial charge < -0.3 is 10.5 Å². The Balaban J connectivity index is 1.62. The largest absolute Gasteiger partial charge is 0.375 e. The molecular formula is C12H21NO. The quantitative estimate of drug-likeness (QED) is 0.732. The Morgan fingerprint density at radius 3 is 2.50 bits per heavy atom. The van der Waals surface area contributed by atoms with Gasteiger partial charge in [0.2, 0.25) is 0 Å². The molecule has 2 N–H and O–H groups in total. The lowest BCUT2D eigenvalue weighted by Crippen LogP contribution is -2.49. The average Bonchev–Trinajstić information content (AvgIpc) is 2.98. The Morgan fingerprint density at radius 1 is 1.14 bits per heavy atom. The molecule has 80 valence electrons. The standard InChI is InChI=1S/C12H21NO/c13-11(9-2-3-9)10-4-7-14-12(8-10)5-1-6-12/h9-11H,1-8,13H2. The van der Waals surface area contributed by atoms with Crippen LogP contribution in [0.5, 0.6) is 0 Å². The minimum atomic E-state index is 0.287. The van der Waals surface area contributed by atoms with Crippen molar-refractivity contribution >= 4 is 0 Å². The van der Waals surface area contributed by atoms with Gasteiger partial charge >= 0.3 is 0 Å². The van der Waals surface area contributed by atoms with Gasteiger partial charge in [0.15, 0.2) is 0 Å². The first-order valence-electron chi connectivity index (χ1n) is 6.19. The summed E-state index contributed by atoms with van der Waals surface area (Å²) in [5.74, 6) is 1.62. The molecule has 2 saturated carbocycles. The Labute approximate surface area is 86.2 Å². The molecule has 3 aliphatic rings. The fourth-order valence-corrected chi connectivity index (χ4v) is 3.18. The molecule has 2 unspecified atom stereocenters. The predicted octanol–water partition coefficient (Wildman–Crippen LogP) is 2.07. The monoisotopic (exact) mass is 195 g/mol. The van der Waals surface area contributed by atoms with Gasteiger partial charge in [-0.15, -0.1) is 0 Å². The minimum absolute atomic E-state index is 0.287. The Kier molecular flexibility index (Phi) is 2.10. The third-order valence-corrected chi connectivity index (χ3v) is 4.51. The first-order valence-corrected chi connectivity index (χ1v) is 6.19. The van der Waals surface area contributed by atoms with Crippen molar-refractivity contribution < 1.29 is 4.74 Å². The van der Waals surface area contributed by atoms with Gasteiger partial charge in [0.1, 0.15) is 0 Å². The molecule has 3 rings (SSSR count). The molecule has 0 radical (unpaired) electrons. The number of hydrogen-bond acceptors (Lipinski definition) is 2. The lowest BCUT2D eigenvalue weighted by atomic mass is 9.70. The van der Waals surface area contributed by atoms with E-state index in [2.05, 4.69) is 0 Å². The second-order valence-corrected chi connectivity index (χ2v) is 5.55. The fourth-order valence-electron chi connectivity index (χ4n) is 3.18. The second kappa shape index (κ2) is 3.21. The van der Waals surface area contributed by atoms with E-state index in [0.717, 1.165) is 18.4 Å². The second-order valence-electron chi connectivity index (χ2n) is 5.55. The number of rotatable bonds is 2. The smallest absolute Gasteiger partial charge is 0.0685 e. The van der Waals surface area contributed by atoms with E-state index in [1.165, 1.54) is 44.9 Å². The van der Waals surface area contributed by atoms with Crippen LogP contribution in [-0.2, 0) is 4.74 Å². The molecule has 1 saturated heterocycles. The van der Waals surface area contributed by atoms with Gasteiger partial charge in [0.05, 0.1) is 5.60 Å². The molecule has 2 atom stereocenters. The van der Waals surface area contributed by atoms with E-state index in [4.69, 9.17) is 10.5 Å². The minimum Gasteiger partial charge on any atom is -0.375 e. The lowest BCUT2D eigenvalue weighted by Gasteiger charge is -2.48. The van der Waals surface area contributed by atoms with Gasteiger partial charge in [-0.2, -0.15) is 0 Å². The molecule has 0 aromatic rings. The van der Waals surface area contributed by atoms with Gasteiger partial charge in [-0.3, -0.25) is 0 Å². The van der Waals surface area contributed by atoms with Crippen molar-refractivity contribution in [2.24, 2.45) is 17.6 Å². The molecule has 14 heavy (non-hydrogen) atoms. The van der Waals surface area contributed by atoms with Crippen LogP contribution in [-0.4, -0.2) is 18.2 Å². The highest BCUT2D eigenvalue weighted by molar-refractivity contribution is 4.98. The molecular weight excluding hydrogens is 174 g/mol. The highest BCUT2D eigenvalue weighted by Gasteiger charge is 2.45. The number of hydrogen-bond donors (Lipinski definition) is 1. The molecule has 2 nitrogen and oxygen atoms in total. The predicted molar refractivity (Wildman–Crippen MR) is 56.0 cm³/mol. The van der Waals surface area contributed by atoms with Crippen LogP contribution in [0, 0.1) is 11.8 Å². The first-order chi connectivity index (χ1) is 6.79. The van der Waals surface area contributed by atoms with E-state index in [-0.39, 0.29) is 5.60 Å². The molecule has 1 heterocycles. The third-order valence-electron chi connectivity index (χ3n) is 4.51. The molecule has 1 aliphatic heterocycles. The molecule has 0 aromatic carbocycles. The zero-order valence-electron chi connectivity index (χ0n) is 8.87. The van der Waals surface area contributed by atoms with Crippen LogP contribution in [0.25, 0.3) is 0 Å². The Hall–Kier alpha value is -0.0800. The van der Waals surface area contributed by atoms with Crippen molar-refractivity contribution in [3.8, 4) is 0 Å². The number of ether oxygens (including phenoxy) is 1. The molecule has 2 aliphatic carbocycles. The summed E-state index contributed by atoms with van der Waals surface area (Å²) in [5.41, 5.74) is 6.59. The van der Waals surface area contributed by atoms with Crippen molar-refractivity contribution in [3.63, 3.8) is 0 Å². The van der Waals surface area contributed by atoms with Crippen molar-refractivity contribution in [1.29, 1.82) is 0 Å². The summed E-state index contributed by atoms with van der Waals surface area (Å²) in [6.07, 6.45) is 9.17. The van der Waals surface area contributed by atoms with Crippen molar-refractivity contribution in [2.45, 2.75) is 56.6 Å². The summed E-state index contributed by atoms with van der Waals surface area (Å²) in [6.45, 7) is 0.963. The summed E-state index contributed by atoms with van der Waals surface area (Å²) < 4.78 is 5.93. The van der Waals surface area contributed by atoms with E-state index < -0.39 is 0 Å². The van der Waals surface area contributed by atoms with Crippen molar-refractivity contribution in [1.82, 2.24) is 0 Å². The Morgan fingerprint density at radius 2 is 1.93 bits per heavy atom. The maximum atomic E-state index is 6.30. The van der Waals surface area contributed by atoms with Crippen LogP contribution < -0.4 is 5.73 Å². The topological polar surface area (TPSA) is 35.2 Å². The van der Waals surface area contributed by atoms with Crippen LogP contribution >= 0.6 is 0 Å². The van der Waals surface area contributed by atoms with Crippen molar-refractivity contribution in [3.05, 3.63) is 0 Å². The zero-order valence-corrected chi connectivity index (χ0v) is 8.87. The molecule has 1 spiro atoms. The maximum Gasteiger partial charge on any atom is 0.0685 e. The van der Waals surface area contributed by atoms with Crippen LogP contribution in [0.15, 0.2) is 0 Å². The SMILES string of the molecule is NC(C1CC1)C1CCOC2(CCC2)C1. The summed E-state index contributed by atoms with van der Waals surface area (Å²) in [6, 6.07) is 0.483. The van der Waals surface area contributed by atoms with Gasteiger partial charge in [-0.25, -0.2) is 0 Å². The molecule has 0 bridgehead atoms. The van der Waals surface area contributed by atoms with Crippen LogP contribution in [0.1, 0.15) is 44.9 Å². The fraction of sp³-hybridized carbons (Fsp3) is 1.00. The van der Waals surface area contributed by atoms with Crippen LogP contribution in [0.3, 0.4) is 0 Å². The third kappa shape index (κ3) is 1.49. The lowest BCUT2D eigenvalue weighted by molar-refractivity contribution is -0.146. The van der Waals surface area contributed by atoms with E-state index >= 15 is 0 Å². The van der Waals surface area contributed by atoms with Gasteiger partial charge in [0, 0.05) is 12.6 Å². The summed E-state index contributed by atoms with van der Waals surface area (Å²) in [7, 11) is 0. The van der Waals surface area contributed by atoms with Gasteiger partial charge in [-0.05, 0) is 56.8 Å². The van der Waals surface area contributed by atoms with E-state index in [0.29, 0.717) is 6.04 Å². The summed E-state index contributed by atoms with van der Waals surface area (Å²) in [5, 5.41) is 0. The maximum absolute atomic E-state index is 6.30. The van der Waals surface area contributed by atoms with E-state index in [1.807, 2.05) is 0 Å². The highest BCUT2D eigenvalue weighted by Crippen LogP contribution is 2.47. The number of nitrogens with two attached hydrogens (primary N) is 1. The van der Waals surface area contributed by atoms with Crippen LogP contribution in [0.2, 0.25) is 0 Å². The van der Waals surface area contributed by atoms with E-state index in [9.17, 15) is 0 Å². The van der Waals surface area contributed by atoms with E-state index in [1.54, 1.807) is 0 Å².